The highest BCUT2D eigenvalue weighted by Gasteiger charge is 2.33. The summed E-state index contributed by atoms with van der Waals surface area (Å²) >= 11 is 0. The van der Waals surface area contributed by atoms with Gasteiger partial charge in [-0.3, -0.25) is 14.6 Å². The molecule has 3 aromatic rings. The van der Waals surface area contributed by atoms with Gasteiger partial charge in [-0.15, -0.1) is 0 Å². The molecule has 0 spiro atoms. The second-order valence-corrected chi connectivity index (χ2v) is 8.65. The topological polar surface area (TPSA) is 65.5 Å². The van der Waals surface area contributed by atoms with Crippen LogP contribution in [0.1, 0.15) is 17.5 Å². The third-order valence-corrected chi connectivity index (χ3v) is 6.60. The molecule has 0 unspecified atom stereocenters. The second kappa shape index (κ2) is 9.45. The Morgan fingerprint density at radius 2 is 1.85 bits per heavy atom. The summed E-state index contributed by atoms with van der Waals surface area (Å²) in [6.45, 7) is 2.68. The van der Waals surface area contributed by atoms with E-state index in [0.29, 0.717) is 32.5 Å². The van der Waals surface area contributed by atoms with E-state index in [4.69, 9.17) is 0 Å². The second-order valence-electron chi connectivity index (χ2n) is 8.65. The largest absolute Gasteiger partial charge is 0.370 e. The van der Waals surface area contributed by atoms with Crippen LogP contribution in [0.2, 0.25) is 0 Å². The maximum absolute atomic E-state index is 13.2. The van der Waals surface area contributed by atoms with Gasteiger partial charge >= 0.3 is 0 Å². The third-order valence-electron chi connectivity index (χ3n) is 6.60. The monoisotopic (exact) mass is 440 g/mol. The number of nitrogens with zero attached hydrogens (tertiary/aromatic N) is 3. The molecule has 0 radical (unpaired) electrons. The van der Waals surface area contributed by atoms with Gasteiger partial charge in [0.05, 0.1) is 0 Å². The van der Waals surface area contributed by atoms with Gasteiger partial charge in [0.15, 0.2) is 0 Å². The van der Waals surface area contributed by atoms with Gasteiger partial charge in [-0.2, -0.15) is 0 Å². The molecule has 6 nitrogen and oxygen atoms in total. The third kappa shape index (κ3) is 4.60. The number of para-hydroxylation sites is 1. The SMILES string of the molecule is O=C1NCCN(C(=O)CCN2CCc3ccccc32)[C@H]1Cc1cccc(-c2ccncc2)c1. The quantitative estimate of drug-likeness (QED) is 0.640. The molecule has 1 N–H and O–H groups in total. The number of carbonyl (C=O) groups is 2. The number of pyridine rings is 1. The van der Waals surface area contributed by atoms with E-state index in [9.17, 15) is 9.59 Å². The van der Waals surface area contributed by atoms with Crippen molar-refractivity contribution in [1.29, 1.82) is 0 Å². The number of amides is 2. The van der Waals surface area contributed by atoms with Gasteiger partial charge in [-0.1, -0.05) is 42.5 Å². The molecule has 3 heterocycles. The number of carbonyl (C=O) groups excluding carboxylic acids is 2. The summed E-state index contributed by atoms with van der Waals surface area (Å²) in [5.41, 5.74) is 5.77. The molecule has 2 aromatic carbocycles. The summed E-state index contributed by atoms with van der Waals surface area (Å²) < 4.78 is 0. The van der Waals surface area contributed by atoms with E-state index in [2.05, 4.69) is 45.5 Å². The molecule has 0 aliphatic carbocycles. The zero-order valence-electron chi connectivity index (χ0n) is 18.6. The predicted octanol–water partition coefficient (Wildman–Crippen LogP) is 3.07. The van der Waals surface area contributed by atoms with Crippen LogP contribution in [-0.2, 0) is 22.4 Å². The summed E-state index contributed by atoms with van der Waals surface area (Å²) in [5, 5.41) is 2.94. The number of rotatable bonds is 6. The fraction of sp³-hybridized carbons (Fsp3) is 0.296. The van der Waals surface area contributed by atoms with Gasteiger partial charge < -0.3 is 15.1 Å². The average Bonchev–Trinajstić information content (AvgIpc) is 3.28. The van der Waals surface area contributed by atoms with Crippen molar-refractivity contribution in [3.05, 3.63) is 84.2 Å². The van der Waals surface area contributed by atoms with Crippen LogP contribution in [-0.4, -0.2) is 53.9 Å². The number of nitrogens with one attached hydrogen (secondary N) is 1. The zero-order valence-corrected chi connectivity index (χ0v) is 18.6. The van der Waals surface area contributed by atoms with Crippen molar-refractivity contribution in [3.63, 3.8) is 0 Å². The Balaban J connectivity index is 1.28. The summed E-state index contributed by atoms with van der Waals surface area (Å²) in [5.74, 6) is -0.0278. The summed E-state index contributed by atoms with van der Waals surface area (Å²) in [4.78, 5) is 34.1. The first-order valence-corrected chi connectivity index (χ1v) is 11.6. The number of anilines is 1. The Hall–Kier alpha value is -3.67. The van der Waals surface area contributed by atoms with Crippen LogP contribution in [0.4, 0.5) is 5.69 Å². The molecule has 33 heavy (non-hydrogen) atoms. The van der Waals surface area contributed by atoms with E-state index in [1.807, 2.05) is 30.3 Å². The molecule has 5 rings (SSSR count). The van der Waals surface area contributed by atoms with Gasteiger partial charge in [-0.25, -0.2) is 0 Å². The maximum Gasteiger partial charge on any atom is 0.243 e. The number of benzene rings is 2. The molecule has 2 amide bonds. The Bertz CT molecular complexity index is 1150. The molecule has 6 heteroatoms. The lowest BCUT2D eigenvalue weighted by Crippen LogP contribution is -2.58. The minimum Gasteiger partial charge on any atom is -0.370 e. The molecule has 1 saturated heterocycles. The van der Waals surface area contributed by atoms with Crippen molar-refractivity contribution < 1.29 is 9.59 Å². The molecule has 2 aliphatic rings. The predicted molar refractivity (Wildman–Crippen MR) is 129 cm³/mol. The van der Waals surface area contributed by atoms with E-state index < -0.39 is 6.04 Å². The van der Waals surface area contributed by atoms with Crippen molar-refractivity contribution in [2.24, 2.45) is 0 Å². The number of hydrogen-bond acceptors (Lipinski definition) is 4. The lowest BCUT2D eigenvalue weighted by atomic mass is 9.98. The molecule has 168 valence electrons. The lowest BCUT2D eigenvalue weighted by Gasteiger charge is -2.35. The molecular weight excluding hydrogens is 412 g/mol. The molecular formula is C27H28N4O2. The summed E-state index contributed by atoms with van der Waals surface area (Å²) in [6, 6.07) is 20.0. The van der Waals surface area contributed by atoms with Crippen LogP contribution in [0.3, 0.4) is 0 Å². The fourth-order valence-electron chi connectivity index (χ4n) is 4.87. The summed E-state index contributed by atoms with van der Waals surface area (Å²) in [7, 11) is 0. The molecule has 1 aromatic heterocycles. The van der Waals surface area contributed by atoms with Crippen molar-refractivity contribution in [1.82, 2.24) is 15.2 Å². The van der Waals surface area contributed by atoms with Crippen LogP contribution in [0, 0.1) is 0 Å². The van der Waals surface area contributed by atoms with Crippen molar-refractivity contribution >= 4 is 17.5 Å². The molecule has 1 atom stereocenters. The van der Waals surface area contributed by atoms with Crippen LogP contribution in [0.15, 0.2) is 73.1 Å². The van der Waals surface area contributed by atoms with Gasteiger partial charge in [0.25, 0.3) is 0 Å². The smallest absolute Gasteiger partial charge is 0.243 e. The first kappa shape index (κ1) is 21.2. The molecule has 0 saturated carbocycles. The minimum absolute atomic E-state index is 0.0459. The Kier molecular flexibility index (Phi) is 6.07. The van der Waals surface area contributed by atoms with Crippen LogP contribution >= 0.6 is 0 Å². The first-order valence-electron chi connectivity index (χ1n) is 11.6. The van der Waals surface area contributed by atoms with E-state index in [0.717, 1.165) is 29.7 Å². The van der Waals surface area contributed by atoms with Gasteiger partial charge in [0, 0.05) is 57.1 Å². The van der Waals surface area contributed by atoms with Crippen LogP contribution in [0.25, 0.3) is 11.1 Å². The van der Waals surface area contributed by atoms with E-state index in [1.165, 1.54) is 11.3 Å². The summed E-state index contributed by atoms with van der Waals surface area (Å²) in [6.07, 6.45) is 5.48. The van der Waals surface area contributed by atoms with Gasteiger partial charge in [-0.05, 0) is 46.9 Å². The minimum atomic E-state index is -0.482. The van der Waals surface area contributed by atoms with Crippen molar-refractivity contribution in [2.75, 3.05) is 31.1 Å². The van der Waals surface area contributed by atoms with E-state index in [-0.39, 0.29) is 11.8 Å². The normalized spacial score (nSPS) is 17.6. The van der Waals surface area contributed by atoms with Gasteiger partial charge in [0.1, 0.15) is 6.04 Å². The van der Waals surface area contributed by atoms with Crippen molar-refractivity contribution in [2.45, 2.75) is 25.3 Å². The molecule has 2 aliphatic heterocycles. The Labute approximate surface area is 194 Å². The maximum atomic E-state index is 13.2. The number of aromatic nitrogens is 1. The van der Waals surface area contributed by atoms with E-state index >= 15 is 0 Å². The number of piperazine rings is 1. The highest BCUT2D eigenvalue weighted by Crippen LogP contribution is 2.27. The lowest BCUT2D eigenvalue weighted by molar-refractivity contribution is -0.143. The average molecular weight is 441 g/mol. The van der Waals surface area contributed by atoms with Crippen LogP contribution < -0.4 is 10.2 Å². The Morgan fingerprint density at radius 1 is 1.00 bits per heavy atom. The standard InChI is InChI=1S/C27H28N4O2/c32-26(11-16-30-15-10-22-5-1-2-7-24(22)30)31-17-14-29-27(33)25(31)19-20-4-3-6-23(18-20)21-8-12-28-13-9-21/h1-9,12-13,18,25H,10-11,14-17,19H2,(H,29,33)/t25-/m0/s1. The number of hydrogen-bond donors (Lipinski definition) is 1. The van der Waals surface area contributed by atoms with Crippen LogP contribution in [0.5, 0.6) is 0 Å². The first-order chi connectivity index (χ1) is 16.2. The fourth-order valence-corrected chi connectivity index (χ4v) is 4.87. The van der Waals surface area contributed by atoms with E-state index in [1.54, 1.807) is 17.3 Å². The zero-order chi connectivity index (χ0) is 22.6. The van der Waals surface area contributed by atoms with Gasteiger partial charge in [0.2, 0.25) is 11.8 Å². The van der Waals surface area contributed by atoms with Crippen molar-refractivity contribution in [3.8, 4) is 11.1 Å². The highest BCUT2D eigenvalue weighted by atomic mass is 16.2. The molecule has 0 bridgehead atoms. The highest BCUT2D eigenvalue weighted by molar-refractivity contribution is 5.89. The molecule has 1 fully saturated rings. The number of fused-ring (bicyclic) bond motifs is 1. The Morgan fingerprint density at radius 3 is 2.73 bits per heavy atom.